The molecule has 0 unspecified atom stereocenters. The van der Waals surface area contributed by atoms with Gasteiger partial charge in [-0.25, -0.2) is 4.39 Å². The Morgan fingerprint density at radius 2 is 0.722 bits per heavy atom. The zero-order chi connectivity index (χ0) is 87.9. The van der Waals surface area contributed by atoms with Crippen LogP contribution in [0.15, 0.2) is 317 Å². The molecule has 0 amide bonds. The van der Waals surface area contributed by atoms with Crippen molar-refractivity contribution in [1.82, 2.24) is 25.1 Å². The number of fused-ring (bicyclic) bond motifs is 4. The zero-order valence-electron chi connectivity index (χ0n) is 69.2. The number of phenolic OH excluding ortho intramolecular Hbond substituents is 1. The monoisotopic (exact) mass is 1900 g/mol. The number of rotatable bonds is 23. The van der Waals surface area contributed by atoms with E-state index in [0.29, 0.717) is 54.3 Å². The van der Waals surface area contributed by atoms with Gasteiger partial charge in [0.15, 0.2) is 57.6 Å². The van der Waals surface area contributed by atoms with E-state index in [0.717, 1.165) is 129 Å². The van der Waals surface area contributed by atoms with Crippen molar-refractivity contribution < 1.29 is 74.5 Å². The number of aromatic hydroxyl groups is 1. The van der Waals surface area contributed by atoms with E-state index in [1.54, 1.807) is 73.3 Å². The molecule has 15 nitrogen and oxygen atoms in total. The van der Waals surface area contributed by atoms with Gasteiger partial charge in [-0.3, -0.25) is 19.8 Å². The van der Waals surface area contributed by atoms with Crippen LogP contribution in [0.2, 0.25) is 0 Å². The van der Waals surface area contributed by atoms with Crippen molar-refractivity contribution in [1.29, 1.82) is 0 Å². The number of pyridine rings is 2. The van der Waals surface area contributed by atoms with Gasteiger partial charge in [0.25, 0.3) is 0 Å². The lowest BCUT2D eigenvalue weighted by molar-refractivity contribution is 0.129. The van der Waals surface area contributed by atoms with Crippen LogP contribution < -0.4 is 43.2 Å². The largest absolute Gasteiger partial charge is 0.505 e. The Bertz CT molecular complexity index is 5610. The maximum Gasteiger partial charge on any atom is 0.208 e. The molecule has 3 N–H and O–H groups in total. The maximum atomic E-state index is 15.1. The molecular formula is C102H96Br3F6N5O10. The van der Waals surface area contributed by atoms with Gasteiger partial charge in [0, 0.05) is 72.9 Å². The number of hydrogen-bond donors (Lipinski definition) is 3. The number of aliphatic hydroxyl groups excluding tert-OH is 1. The maximum absolute atomic E-state index is 15.1. The molecule has 652 valence electrons. The van der Waals surface area contributed by atoms with Crippen LogP contribution in [0.3, 0.4) is 0 Å². The summed E-state index contributed by atoms with van der Waals surface area (Å²) in [5.74, 6) is -2.74. The standard InChI is InChI=1S/C26H25BrFNO2.C26H26FNO2.C19H15BrFNO2.C13H9BrF2O.C12H14FNO2.C6H7NO/c27-23-11-12-24(30-18-21-9-5-2-6-10-21)25(28)26(23)31-19-22-13-15-29(16-14-22)17-20-7-3-1-4-8-20;27-24-23(29-18-21-9-5-2-6-10-21)12-11-22-25(24)30-19-26(22)13-15-28(16-14-26)17-20-7-3-1-4-8-20;20-16-6-7-17(23-12-14-4-2-1-3-5-14)18(21)19(16)24-13-15-8-10-22-11-9-15;14-10-6-7-11(13(16)12(10)15)17-8-9-4-2-1-3-5-9;13-10-9(15)2-1-8-11(10)16-7-12(8)3-5-14-6-4-12;8-5-6-1-3-7-4-2-6/h1-13H,14-19H2;1-12H,13-19H2;1-11H,12-13H2;1-7H,8H2;1-2,14-15H,3-7H2;1-4,8H,5H2. The van der Waals surface area contributed by atoms with Gasteiger partial charge in [-0.15, -0.1) is 0 Å². The minimum Gasteiger partial charge on any atom is -0.505 e. The van der Waals surface area contributed by atoms with Crippen LogP contribution in [0.4, 0.5) is 26.3 Å². The van der Waals surface area contributed by atoms with Crippen molar-refractivity contribution in [3.63, 3.8) is 0 Å². The highest BCUT2D eigenvalue weighted by atomic mass is 79.9. The fourth-order valence-corrected chi connectivity index (χ4v) is 16.0. The van der Waals surface area contributed by atoms with Crippen LogP contribution >= 0.6 is 47.8 Å². The molecule has 24 heteroatoms. The van der Waals surface area contributed by atoms with Crippen molar-refractivity contribution in [2.24, 2.45) is 0 Å². The highest BCUT2D eigenvalue weighted by molar-refractivity contribution is 9.11. The highest BCUT2D eigenvalue weighted by Crippen LogP contribution is 2.50. The fourth-order valence-electron chi connectivity index (χ4n) is 14.8. The Morgan fingerprint density at radius 3 is 1.16 bits per heavy atom. The molecule has 18 rings (SSSR count). The number of aromatic nitrogens is 2. The van der Waals surface area contributed by atoms with Gasteiger partial charge < -0.3 is 53.4 Å². The quantitative estimate of drug-likeness (QED) is 0.0315. The molecule has 0 atom stereocenters. The number of halogens is 9. The molecule has 7 heterocycles. The fraction of sp³-hybridized carbons (Fsp3) is 0.235. The average Bonchev–Trinajstić information content (AvgIpc) is 1.60. The molecule has 13 aromatic rings. The molecule has 2 fully saturated rings. The second-order valence-electron chi connectivity index (χ2n) is 30.6. The lowest BCUT2D eigenvalue weighted by Crippen LogP contribution is -2.43. The number of hydrogen-bond acceptors (Lipinski definition) is 15. The lowest BCUT2D eigenvalue weighted by atomic mass is 9.74. The number of ether oxygens (including phenoxy) is 8. The molecule has 2 aromatic heterocycles. The van der Waals surface area contributed by atoms with Gasteiger partial charge in [0.05, 0.1) is 33.2 Å². The number of benzene rings is 11. The minimum absolute atomic E-state index is 0.0465. The molecule has 0 saturated carbocycles. The lowest BCUT2D eigenvalue weighted by Gasteiger charge is -2.38. The van der Waals surface area contributed by atoms with E-state index in [9.17, 15) is 27.1 Å². The molecule has 0 bridgehead atoms. The summed E-state index contributed by atoms with van der Waals surface area (Å²) in [5.41, 5.74) is 11.3. The Balaban J connectivity index is 0.000000134. The third-order valence-corrected chi connectivity index (χ3v) is 23.8. The number of nitrogens with one attached hydrogen (secondary N) is 1. The van der Waals surface area contributed by atoms with Crippen molar-refractivity contribution in [3.05, 3.63) is 407 Å². The van der Waals surface area contributed by atoms with Crippen molar-refractivity contribution in [2.45, 2.75) is 95.7 Å². The van der Waals surface area contributed by atoms with Crippen LogP contribution in [-0.2, 0) is 63.6 Å². The molecule has 126 heavy (non-hydrogen) atoms. The Kier molecular flexibility index (Phi) is 34.1. The summed E-state index contributed by atoms with van der Waals surface area (Å²) < 4.78 is 131. The smallest absolute Gasteiger partial charge is 0.208 e. The van der Waals surface area contributed by atoms with E-state index in [2.05, 4.69) is 127 Å². The van der Waals surface area contributed by atoms with E-state index in [4.69, 9.17) is 43.0 Å². The first-order valence-corrected chi connectivity index (χ1v) is 43.8. The van der Waals surface area contributed by atoms with E-state index >= 15 is 4.39 Å². The van der Waals surface area contributed by atoms with E-state index < -0.39 is 29.1 Å². The molecule has 0 radical (unpaired) electrons. The Hall–Kier alpha value is -11.5. The minimum atomic E-state index is -0.977. The van der Waals surface area contributed by atoms with Gasteiger partial charge in [-0.2, -0.15) is 22.0 Å². The van der Waals surface area contributed by atoms with Crippen LogP contribution in [0.5, 0.6) is 51.7 Å². The summed E-state index contributed by atoms with van der Waals surface area (Å²) in [6, 6.07) is 83.2. The molecule has 2 spiro atoms. The summed E-state index contributed by atoms with van der Waals surface area (Å²) in [7, 11) is 0. The average molecular weight is 1910 g/mol. The second kappa shape index (κ2) is 46.7. The van der Waals surface area contributed by atoms with Crippen LogP contribution in [0, 0.1) is 34.9 Å². The molecule has 2 saturated heterocycles. The van der Waals surface area contributed by atoms with Gasteiger partial charge in [0.2, 0.25) is 29.1 Å². The molecular weight excluding hydrogens is 1810 g/mol. The van der Waals surface area contributed by atoms with Crippen molar-refractivity contribution in [3.8, 4) is 51.7 Å². The number of phenols is 1. The molecule has 11 aromatic carbocycles. The molecule has 5 aliphatic rings. The Morgan fingerprint density at radius 1 is 0.357 bits per heavy atom. The summed E-state index contributed by atoms with van der Waals surface area (Å²) in [6.07, 6.45) is 13.6. The van der Waals surface area contributed by atoms with Crippen molar-refractivity contribution in [2.75, 3.05) is 59.1 Å². The van der Waals surface area contributed by atoms with Gasteiger partial charge >= 0.3 is 0 Å². The van der Waals surface area contributed by atoms with E-state index in [1.165, 1.54) is 34.9 Å². The SMILES string of the molecule is Fc1c(Br)ccc(OCc2ccccc2)c1F.Fc1c(OCc2ccccc2)ccc(Br)c1OCC1=CCN(Cc2ccccc2)CC1.Fc1c(OCc2ccccc2)ccc(Br)c1OCc1ccncc1.Fc1c(OCc2ccccc2)ccc2c1OCC21CCN(Cc2ccccc2)CC1.OCc1ccncc1.Oc1ccc2c(c1F)OCC21CCNCC1. The number of piperidine rings is 2. The second-order valence-corrected chi connectivity index (χ2v) is 33.2. The predicted molar refractivity (Wildman–Crippen MR) is 486 cm³/mol. The highest BCUT2D eigenvalue weighted by Gasteiger charge is 2.46. The first-order chi connectivity index (χ1) is 61.5. The van der Waals surface area contributed by atoms with Gasteiger partial charge in [-0.05, 0) is 229 Å². The summed E-state index contributed by atoms with van der Waals surface area (Å²) in [6.45, 7) is 10.6. The van der Waals surface area contributed by atoms with Crippen molar-refractivity contribution >= 4 is 47.8 Å². The summed E-state index contributed by atoms with van der Waals surface area (Å²) in [5, 5.41) is 21.1. The topological polar surface area (TPSA) is 159 Å². The summed E-state index contributed by atoms with van der Waals surface area (Å²) in [4.78, 5) is 12.6. The van der Waals surface area contributed by atoms with Crippen LogP contribution in [0.25, 0.3) is 0 Å². The van der Waals surface area contributed by atoms with Gasteiger partial charge in [0.1, 0.15) is 39.6 Å². The number of nitrogens with zero attached hydrogens (tertiary/aromatic N) is 4. The molecule has 5 aliphatic heterocycles. The Labute approximate surface area is 756 Å². The van der Waals surface area contributed by atoms with Gasteiger partial charge in [-0.1, -0.05) is 200 Å². The van der Waals surface area contributed by atoms with E-state index in [1.807, 2.05) is 152 Å². The van der Waals surface area contributed by atoms with E-state index in [-0.39, 0.29) is 86.9 Å². The normalized spacial score (nSPS) is 14.4. The zero-order valence-corrected chi connectivity index (χ0v) is 74.0. The summed E-state index contributed by atoms with van der Waals surface area (Å²) >= 11 is 9.62. The van der Waals surface area contributed by atoms with Crippen LogP contribution in [-0.4, -0.2) is 89.1 Å². The molecule has 0 aliphatic carbocycles. The number of aliphatic hydroxyl groups is 1. The first kappa shape index (κ1) is 92.2. The third-order valence-electron chi connectivity index (χ3n) is 22.0. The van der Waals surface area contributed by atoms with Crippen LogP contribution in [0.1, 0.15) is 87.7 Å². The predicted octanol–water partition coefficient (Wildman–Crippen LogP) is 23.3. The number of likely N-dealkylation sites (tertiary alicyclic amines) is 1. The third kappa shape index (κ3) is 25.7. The first-order valence-electron chi connectivity index (χ1n) is 41.4.